The van der Waals surface area contributed by atoms with Crippen LogP contribution >= 0.6 is 0 Å². The topological polar surface area (TPSA) is 78.4 Å². The summed E-state index contributed by atoms with van der Waals surface area (Å²) in [5.41, 5.74) is -1.08. The Morgan fingerprint density at radius 3 is 2.42 bits per heavy atom. The average molecular weight is 270 g/mol. The van der Waals surface area contributed by atoms with Crippen molar-refractivity contribution in [1.82, 2.24) is 10.6 Å². The Labute approximate surface area is 115 Å². The molecule has 0 radical (unpaired) electrons. The molecule has 1 aliphatic carbocycles. The van der Waals surface area contributed by atoms with Gasteiger partial charge in [0.25, 0.3) is 0 Å². The first kappa shape index (κ1) is 15.8. The summed E-state index contributed by atoms with van der Waals surface area (Å²) in [7, 11) is 0. The summed E-state index contributed by atoms with van der Waals surface area (Å²) in [5, 5.41) is 14.9. The number of carboxylic acids is 1. The van der Waals surface area contributed by atoms with E-state index in [1.807, 2.05) is 6.92 Å². The summed E-state index contributed by atoms with van der Waals surface area (Å²) in [6, 6.07) is -0.295. The Hall–Kier alpha value is -1.26. The molecular formula is C14H26N2O3. The highest BCUT2D eigenvalue weighted by molar-refractivity contribution is 5.86. The maximum absolute atomic E-state index is 11.9. The molecule has 110 valence electrons. The number of hydrogen-bond acceptors (Lipinski definition) is 2. The van der Waals surface area contributed by atoms with Crippen molar-refractivity contribution in [2.24, 2.45) is 5.92 Å². The number of nitrogens with one attached hydrogen (secondary N) is 2. The molecule has 5 heteroatoms. The van der Waals surface area contributed by atoms with Gasteiger partial charge in [-0.3, -0.25) is 0 Å². The van der Waals surface area contributed by atoms with E-state index in [0.29, 0.717) is 18.8 Å². The predicted molar refractivity (Wildman–Crippen MR) is 74.0 cm³/mol. The van der Waals surface area contributed by atoms with Crippen molar-refractivity contribution in [3.8, 4) is 0 Å². The van der Waals surface area contributed by atoms with E-state index in [0.717, 1.165) is 25.7 Å². The van der Waals surface area contributed by atoms with Gasteiger partial charge in [0.2, 0.25) is 0 Å². The van der Waals surface area contributed by atoms with E-state index in [-0.39, 0.29) is 12.1 Å². The molecule has 1 atom stereocenters. The van der Waals surface area contributed by atoms with Crippen molar-refractivity contribution in [3.63, 3.8) is 0 Å². The van der Waals surface area contributed by atoms with Crippen LogP contribution in [0.4, 0.5) is 4.79 Å². The van der Waals surface area contributed by atoms with Crippen LogP contribution in [0.1, 0.15) is 59.3 Å². The van der Waals surface area contributed by atoms with Crippen molar-refractivity contribution in [2.75, 3.05) is 0 Å². The monoisotopic (exact) mass is 270 g/mol. The summed E-state index contributed by atoms with van der Waals surface area (Å²) in [5.74, 6) is -0.381. The zero-order valence-electron chi connectivity index (χ0n) is 12.2. The van der Waals surface area contributed by atoms with Crippen molar-refractivity contribution in [2.45, 2.75) is 70.9 Å². The summed E-state index contributed by atoms with van der Waals surface area (Å²) >= 11 is 0. The van der Waals surface area contributed by atoms with Gasteiger partial charge in [-0.25, -0.2) is 9.59 Å². The number of hydrogen-bond donors (Lipinski definition) is 3. The molecule has 0 aromatic rings. The SMILES string of the molecule is CCCC(C)NC(=O)NC1(C(=O)O)CCC(C)CC1. The van der Waals surface area contributed by atoms with Crippen LogP contribution in [0.15, 0.2) is 0 Å². The number of carbonyl (C=O) groups is 2. The zero-order chi connectivity index (χ0) is 14.5. The molecular weight excluding hydrogens is 244 g/mol. The normalized spacial score (nSPS) is 28.5. The number of carbonyl (C=O) groups excluding carboxylic acids is 1. The first-order valence-electron chi connectivity index (χ1n) is 7.21. The summed E-state index contributed by atoms with van der Waals surface area (Å²) in [6.07, 6.45) is 4.60. The summed E-state index contributed by atoms with van der Waals surface area (Å²) < 4.78 is 0. The summed E-state index contributed by atoms with van der Waals surface area (Å²) in [6.45, 7) is 6.10. The lowest BCUT2D eigenvalue weighted by molar-refractivity contribution is -0.146. The molecule has 0 saturated heterocycles. The van der Waals surface area contributed by atoms with E-state index in [4.69, 9.17) is 0 Å². The van der Waals surface area contributed by atoms with Crippen LogP contribution in [0.3, 0.4) is 0 Å². The van der Waals surface area contributed by atoms with Gasteiger partial charge in [0.15, 0.2) is 0 Å². The van der Waals surface area contributed by atoms with Gasteiger partial charge in [-0.05, 0) is 44.9 Å². The molecule has 0 bridgehead atoms. The second-order valence-corrected chi connectivity index (χ2v) is 5.86. The van der Waals surface area contributed by atoms with E-state index in [2.05, 4.69) is 24.5 Å². The van der Waals surface area contributed by atoms with Gasteiger partial charge < -0.3 is 15.7 Å². The van der Waals surface area contributed by atoms with Gasteiger partial charge in [0.1, 0.15) is 5.54 Å². The van der Waals surface area contributed by atoms with E-state index < -0.39 is 11.5 Å². The highest BCUT2D eigenvalue weighted by Crippen LogP contribution is 2.32. The molecule has 3 N–H and O–H groups in total. The molecule has 2 amide bonds. The van der Waals surface area contributed by atoms with Gasteiger partial charge in [0, 0.05) is 6.04 Å². The lowest BCUT2D eigenvalue weighted by Gasteiger charge is -2.36. The predicted octanol–water partition coefficient (Wildman–Crippen LogP) is 2.51. The second-order valence-electron chi connectivity index (χ2n) is 5.86. The average Bonchev–Trinajstić information content (AvgIpc) is 2.32. The smallest absolute Gasteiger partial charge is 0.329 e. The Morgan fingerprint density at radius 1 is 1.37 bits per heavy atom. The van der Waals surface area contributed by atoms with Gasteiger partial charge in [-0.2, -0.15) is 0 Å². The van der Waals surface area contributed by atoms with Crippen LogP contribution in [-0.4, -0.2) is 28.7 Å². The molecule has 1 aliphatic rings. The van der Waals surface area contributed by atoms with Crippen LogP contribution in [-0.2, 0) is 4.79 Å². The first-order chi connectivity index (χ1) is 8.89. The van der Waals surface area contributed by atoms with Crippen LogP contribution in [0.5, 0.6) is 0 Å². The van der Waals surface area contributed by atoms with Gasteiger partial charge >= 0.3 is 12.0 Å². The van der Waals surface area contributed by atoms with E-state index in [9.17, 15) is 14.7 Å². The minimum absolute atomic E-state index is 0.0679. The van der Waals surface area contributed by atoms with Crippen LogP contribution in [0, 0.1) is 5.92 Å². The number of aliphatic carboxylic acids is 1. The maximum Gasteiger partial charge on any atom is 0.329 e. The number of carboxylic acid groups (broad SMARTS) is 1. The number of urea groups is 1. The lowest BCUT2D eigenvalue weighted by atomic mass is 9.77. The molecule has 0 spiro atoms. The fraction of sp³-hybridized carbons (Fsp3) is 0.857. The van der Waals surface area contributed by atoms with Crippen molar-refractivity contribution >= 4 is 12.0 Å². The van der Waals surface area contributed by atoms with Gasteiger partial charge in [-0.15, -0.1) is 0 Å². The quantitative estimate of drug-likeness (QED) is 0.718. The Kier molecular flexibility index (Phi) is 5.63. The molecule has 1 fully saturated rings. The molecule has 1 rings (SSSR count). The third kappa shape index (κ3) is 4.40. The molecule has 0 aromatic carbocycles. The second kappa shape index (κ2) is 6.78. The molecule has 0 aliphatic heterocycles. The van der Waals surface area contributed by atoms with Crippen molar-refractivity contribution < 1.29 is 14.7 Å². The van der Waals surface area contributed by atoms with Crippen LogP contribution in [0.25, 0.3) is 0 Å². The third-order valence-electron chi connectivity index (χ3n) is 3.99. The molecule has 5 nitrogen and oxygen atoms in total. The lowest BCUT2D eigenvalue weighted by Crippen LogP contribution is -2.59. The number of amides is 2. The Balaban J connectivity index is 2.59. The molecule has 1 saturated carbocycles. The first-order valence-corrected chi connectivity index (χ1v) is 7.21. The number of rotatable bonds is 5. The highest BCUT2D eigenvalue weighted by Gasteiger charge is 2.42. The van der Waals surface area contributed by atoms with E-state index >= 15 is 0 Å². The minimum Gasteiger partial charge on any atom is -0.480 e. The molecule has 0 heterocycles. The maximum atomic E-state index is 11.9. The zero-order valence-corrected chi connectivity index (χ0v) is 12.2. The fourth-order valence-electron chi connectivity index (χ4n) is 2.63. The fourth-order valence-corrected chi connectivity index (χ4v) is 2.63. The molecule has 0 aromatic heterocycles. The van der Waals surface area contributed by atoms with E-state index in [1.54, 1.807) is 0 Å². The standard InChI is InChI=1S/C14H26N2O3/c1-4-5-11(3)15-13(19)16-14(12(17)18)8-6-10(2)7-9-14/h10-11H,4-9H2,1-3H3,(H,17,18)(H2,15,16,19). The van der Waals surface area contributed by atoms with Gasteiger partial charge in [0.05, 0.1) is 0 Å². The van der Waals surface area contributed by atoms with Crippen LogP contribution in [0.2, 0.25) is 0 Å². The van der Waals surface area contributed by atoms with Crippen molar-refractivity contribution in [3.05, 3.63) is 0 Å². The van der Waals surface area contributed by atoms with Crippen LogP contribution < -0.4 is 10.6 Å². The van der Waals surface area contributed by atoms with Crippen molar-refractivity contribution in [1.29, 1.82) is 0 Å². The minimum atomic E-state index is -1.08. The van der Waals surface area contributed by atoms with Gasteiger partial charge in [-0.1, -0.05) is 20.3 Å². The largest absolute Gasteiger partial charge is 0.480 e. The Bertz CT molecular complexity index is 323. The molecule has 1 unspecified atom stereocenters. The third-order valence-corrected chi connectivity index (χ3v) is 3.99. The van der Waals surface area contributed by atoms with E-state index in [1.165, 1.54) is 0 Å². The highest BCUT2D eigenvalue weighted by atomic mass is 16.4. The summed E-state index contributed by atoms with van der Waals surface area (Å²) in [4.78, 5) is 23.4. The molecule has 19 heavy (non-hydrogen) atoms. The Morgan fingerprint density at radius 2 is 1.95 bits per heavy atom.